The summed E-state index contributed by atoms with van der Waals surface area (Å²) >= 11 is 0. The van der Waals surface area contributed by atoms with E-state index in [0.717, 1.165) is 18.5 Å². The Balaban J connectivity index is 2.01. The fraction of sp³-hybridized carbons (Fsp3) is 0.571. The van der Waals surface area contributed by atoms with Gasteiger partial charge in [-0.25, -0.2) is 13.1 Å². The van der Waals surface area contributed by atoms with Crippen molar-refractivity contribution >= 4 is 15.9 Å². The third kappa shape index (κ3) is 4.91. The number of hydrogen-bond acceptors (Lipinski definition) is 4. The highest BCUT2D eigenvalue weighted by Gasteiger charge is 2.38. The highest BCUT2D eigenvalue weighted by atomic mass is 32.2. The van der Waals surface area contributed by atoms with Crippen LogP contribution in [0, 0.1) is 5.92 Å². The van der Waals surface area contributed by atoms with Gasteiger partial charge in [-0.05, 0) is 30.9 Å². The van der Waals surface area contributed by atoms with Crippen LogP contribution >= 0.6 is 0 Å². The predicted molar refractivity (Wildman–Crippen MR) is 80.7 cm³/mol. The molecule has 6 nitrogen and oxygen atoms in total. The summed E-state index contributed by atoms with van der Waals surface area (Å²) in [5.41, 5.74) is -1.64. The molecule has 1 aliphatic heterocycles. The zero-order valence-electron chi connectivity index (χ0n) is 13.0. The topological polar surface area (TPSA) is 79.4 Å². The molecule has 24 heavy (non-hydrogen) atoms. The highest BCUT2D eigenvalue weighted by molar-refractivity contribution is 7.88. The van der Waals surface area contributed by atoms with Crippen molar-refractivity contribution in [3.05, 3.63) is 29.6 Å². The van der Waals surface area contributed by atoms with Crippen LogP contribution in [0.4, 0.5) is 13.2 Å². The average molecular weight is 365 g/mol. The molecule has 1 aliphatic rings. The SMILES string of the molecule is CS(=O)(=O)NCC1CCN(C(=O)c2cccnc2C(F)(F)F)CC1. The van der Waals surface area contributed by atoms with Gasteiger partial charge in [-0.3, -0.25) is 9.78 Å². The van der Waals surface area contributed by atoms with Crippen molar-refractivity contribution in [3.8, 4) is 0 Å². The smallest absolute Gasteiger partial charge is 0.339 e. The summed E-state index contributed by atoms with van der Waals surface area (Å²) in [4.78, 5) is 17.0. The van der Waals surface area contributed by atoms with Crippen LogP contribution in [-0.4, -0.2) is 50.1 Å². The fourth-order valence-electron chi connectivity index (χ4n) is 2.58. The lowest BCUT2D eigenvalue weighted by molar-refractivity contribution is -0.141. The Morgan fingerprint density at radius 2 is 2.00 bits per heavy atom. The number of hydrogen-bond donors (Lipinski definition) is 1. The molecule has 2 rings (SSSR count). The molecule has 0 spiro atoms. The Bertz CT molecular complexity index is 699. The molecule has 0 radical (unpaired) electrons. The third-order valence-electron chi connectivity index (χ3n) is 3.84. The van der Waals surface area contributed by atoms with Crippen molar-refractivity contribution in [1.29, 1.82) is 0 Å². The van der Waals surface area contributed by atoms with E-state index in [2.05, 4.69) is 9.71 Å². The number of amides is 1. The van der Waals surface area contributed by atoms with Gasteiger partial charge in [0.1, 0.15) is 0 Å². The molecule has 0 aromatic carbocycles. The van der Waals surface area contributed by atoms with Crippen molar-refractivity contribution in [2.45, 2.75) is 19.0 Å². The first-order chi connectivity index (χ1) is 11.1. The molecule has 1 fully saturated rings. The lowest BCUT2D eigenvalue weighted by atomic mass is 9.96. The Morgan fingerprint density at radius 3 is 2.54 bits per heavy atom. The quantitative estimate of drug-likeness (QED) is 0.877. The van der Waals surface area contributed by atoms with Gasteiger partial charge in [0.05, 0.1) is 11.8 Å². The summed E-state index contributed by atoms with van der Waals surface area (Å²) in [5, 5.41) is 0. The summed E-state index contributed by atoms with van der Waals surface area (Å²) < 4.78 is 63.4. The van der Waals surface area contributed by atoms with E-state index in [1.54, 1.807) is 0 Å². The maximum absolute atomic E-state index is 13.0. The van der Waals surface area contributed by atoms with E-state index in [-0.39, 0.29) is 25.6 Å². The van der Waals surface area contributed by atoms with Gasteiger partial charge in [0.2, 0.25) is 10.0 Å². The van der Waals surface area contributed by atoms with Gasteiger partial charge >= 0.3 is 6.18 Å². The van der Waals surface area contributed by atoms with Gasteiger partial charge in [0.15, 0.2) is 5.69 Å². The van der Waals surface area contributed by atoms with Crippen LogP contribution in [0.15, 0.2) is 18.3 Å². The maximum Gasteiger partial charge on any atom is 0.434 e. The van der Waals surface area contributed by atoms with Crippen LogP contribution in [0.2, 0.25) is 0 Å². The predicted octanol–water partition coefficient (Wildman–Crippen LogP) is 1.50. The van der Waals surface area contributed by atoms with E-state index >= 15 is 0 Å². The first kappa shape index (κ1) is 18.7. The Morgan fingerprint density at radius 1 is 1.38 bits per heavy atom. The van der Waals surface area contributed by atoms with Crippen LogP contribution in [0.3, 0.4) is 0 Å². The number of rotatable bonds is 4. The number of piperidine rings is 1. The summed E-state index contributed by atoms with van der Waals surface area (Å²) in [6.07, 6.45) is -1.58. The lowest BCUT2D eigenvalue weighted by Gasteiger charge is -2.32. The van der Waals surface area contributed by atoms with E-state index in [0.29, 0.717) is 12.8 Å². The minimum atomic E-state index is -4.69. The molecule has 1 aromatic heterocycles. The second-order valence-electron chi connectivity index (χ2n) is 5.75. The van der Waals surface area contributed by atoms with Crippen molar-refractivity contribution in [3.63, 3.8) is 0 Å². The second-order valence-corrected chi connectivity index (χ2v) is 7.59. The molecule has 10 heteroatoms. The van der Waals surface area contributed by atoms with Crippen molar-refractivity contribution in [2.24, 2.45) is 5.92 Å². The van der Waals surface area contributed by atoms with Gasteiger partial charge in [0.25, 0.3) is 5.91 Å². The van der Waals surface area contributed by atoms with Gasteiger partial charge in [-0.2, -0.15) is 13.2 Å². The number of sulfonamides is 1. The minimum Gasteiger partial charge on any atom is -0.339 e. The van der Waals surface area contributed by atoms with Crippen LogP contribution in [-0.2, 0) is 16.2 Å². The molecule has 0 unspecified atom stereocenters. The molecule has 1 N–H and O–H groups in total. The molecule has 0 saturated carbocycles. The van der Waals surface area contributed by atoms with Crippen LogP contribution in [0.5, 0.6) is 0 Å². The number of nitrogens with zero attached hydrogens (tertiary/aromatic N) is 2. The second kappa shape index (κ2) is 7.06. The number of carbonyl (C=O) groups excluding carboxylic acids is 1. The molecular formula is C14H18F3N3O3S. The first-order valence-electron chi connectivity index (χ1n) is 7.34. The monoisotopic (exact) mass is 365 g/mol. The molecule has 2 heterocycles. The lowest BCUT2D eigenvalue weighted by Crippen LogP contribution is -2.42. The van der Waals surface area contributed by atoms with E-state index in [1.165, 1.54) is 11.0 Å². The van der Waals surface area contributed by atoms with Crippen LogP contribution in [0.1, 0.15) is 28.9 Å². The number of alkyl halides is 3. The van der Waals surface area contributed by atoms with Gasteiger partial charge in [-0.1, -0.05) is 0 Å². The molecule has 1 aromatic rings. The van der Waals surface area contributed by atoms with E-state index in [1.807, 2.05) is 0 Å². The summed E-state index contributed by atoms with van der Waals surface area (Å²) in [6.45, 7) is 0.823. The Labute approximate surface area is 138 Å². The molecule has 1 amide bonds. The molecule has 134 valence electrons. The third-order valence-corrected chi connectivity index (χ3v) is 4.53. The normalized spacial score (nSPS) is 17.1. The number of halogens is 3. The highest BCUT2D eigenvalue weighted by Crippen LogP contribution is 2.31. The van der Waals surface area contributed by atoms with Crippen molar-refractivity contribution in [2.75, 3.05) is 25.9 Å². The zero-order valence-corrected chi connectivity index (χ0v) is 13.8. The van der Waals surface area contributed by atoms with Crippen molar-refractivity contribution in [1.82, 2.24) is 14.6 Å². The molecule has 0 bridgehead atoms. The molecule has 0 aliphatic carbocycles. The van der Waals surface area contributed by atoms with Gasteiger partial charge in [-0.15, -0.1) is 0 Å². The molecule has 0 atom stereocenters. The van der Waals surface area contributed by atoms with Gasteiger partial charge < -0.3 is 4.90 Å². The van der Waals surface area contributed by atoms with Crippen LogP contribution < -0.4 is 4.72 Å². The van der Waals surface area contributed by atoms with Gasteiger partial charge in [0, 0.05) is 25.8 Å². The van der Waals surface area contributed by atoms with E-state index in [9.17, 15) is 26.4 Å². The molecular weight excluding hydrogens is 347 g/mol. The summed E-state index contributed by atoms with van der Waals surface area (Å²) in [6, 6.07) is 2.42. The zero-order chi connectivity index (χ0) is 18.0. The fourth-order valence-corrected chi connectivity index (χ4v) is 3.12. The Kier molecular flexibility index (Phi) is 5.49. The summed E-state index contributed by atoms with van der Waals surface area (Å²) in [5.74, 6) is -0.648. The minimum absolute atomic E-state index is 0.0553. The number of nitrogens with one attached hydrogen (secondary N) is 1. The number of pyridine rings is 1. The molecule has 1 saturated heterocycles. The average Bonchev–Trinajstić information content (AvgIpc) is 2.51. The van der Waals surface area contributed by atoms with E-state index in [4.69, 9.17) is 0 Å². The maximum atomic E-state index is 13.0. The largest absolute Gasteiger partial charge is 0.434 e. The Hall–Kier alpha value is -1.68. The summed E-state index contributed by atoms with van der Waals surface area (Å²) in [7, 11) is -3.28. The van der Waals surface area contributed by atoms with E-state index < -0.39 is 33.4 Å². The number of carbonyl (C=O) groups is 1. The number of likely N-dealkylation sites (tertiary alicyclic amines) is 1. The standard InChI is InChI=1S/C14H18F3N3O3S/c1-24(22,23)19-9-10-4-7-20(8-5-10)13(21)11-3-2-6-18-12(11)14(15,16)17/h2-3,6,10,19H,4-5,7-9H2,1H3. The first-order valence-corrected chi connectivity index (χ1v) is 9.23. The van der Waals surface area contributed by atoms with Crippen LogP contribution in [0.25, 0.3) is 0 Å². The number of aromatic nitrogens is 1. The van der Waals surface area contributed by atoms with Crippen molar-refractivity contribution < 1.29 is 26.4 Å².